The van der Waals surface area contributed by atoms with Crippen LogP contribution in [0.1, 0.15) is 17.3 Å². The van der Waals surface area contributed by atoms with Crippen molar-refractivity contribution in [2.75, 3.05) is 7.05 Å². The Morgan fingerprint density at radius 2 is 2.00 bits per heavy atom. The Balaban J connectivity index is 2.44. The lowest BCUT2D eigenvalue weighted by Crippen LogP contribution is -2.20. The molecule has 0 fully saturated rings. The Kier molecular flexibility index (Phi) is 3.89. The topological polar surface area (TPSA) is 24.9 Å². The van der Waals surface area contributed by atoms with Crippen LogP contribution in [0.15, 0.2) is 36.5 Å². The molecule has 0 spiro atoms. The molecule has 1 N–H and O–H groups in total. The Bertz CT molecular complexity index is 543. The third-order valence-corrected chi connectivity index (χ3v) is 2.83. The molecule has 0 aliphatic heterocycles. The smallest absolute Gasteiger partial charge is 0.128 e. The number of hydrogen-bond donors (Lipinski definition) is 1. The van der Waals surface area contributed by atoms with Gasteiger partial charge in [-0.05, 0) is 37.4 Å². The first-order valence-corrected chi connectivity index (χ1v) is 5.73. The summed E-state index contributed by atoms with van der Waals surface area (Å²) in [6, 6.07) is 6.16. The zero-order chi connectivity index (χ0) is 13.1. The molecule has 2 rings (SSSR count). The van der Waals surface area contributed by atoms with Crippen LogP contribution in [-0.2, 0) is 0 Å². The van der Waals surface area contributed by atoms with Crippen molar-refractivity contribution in [1.82, 2.24) is 10.3 Å². The minimum absolute atomic E-state index is 0.215. The predicted octanol–water partition coefficient (Wildman–Crippen LogP) is 3.32. The minimum Gasteiger partial charge on any atom is -0.308 e. The van der Waals surface area contributed by atoms with Gasteiger partial charge in [-0.15, -0.1) is 0 Å². The standard InChI is InChI=1S/C13H11ClF2N2/c1-17-13(12-5-2-8(14)7-18-12)10-6-9(15)3-4-11(10)16/h2-7,13,17H,1H3. The molecule has 0 bridgehead atoms. The average Bonchev–Trinajstić information content (AvgIpc) is 2.37. The van der Waals surface area contributed by atoms with Gasteiger partial charge in [0.15, 0.2) is 0 Å². The fourth-order valence-corrected chi connectivity index (χ4v) is 1.87. The van der Waals surface area contributed by atoms with Gasteiger partial charge in [0.2, 0.25) is 0 Å². The second kappa shape index (κ2) is 5.42. The van der Waals surface area contributed by atoms with Crippen molar-refractivity contribution in [3.63, 3.8) is 0 Å². The van der Waals surface area contributed by atoms with Crippen molar-refractivity contribution >= 4 is 11.6 Å². The third kappa shape index (κ3) is 2.66. The zero-order valence-corrected chi connectivity index (χ0v) is 10.4. The van der Waals surface area contributed by atoms with E-state index in [9.17, 15) is 8.78 Å². The van der Waals surface area contributed by atoms with Gasteiger partial charge in [-0.3, -0.25) is 4.98 Å². The van der Waals surface area contributed by atoms with E-state index in [1.54, 1.807) is 19.2 Å². The highest BCUT2D eigenvalue weighted by atomic mass is 35.5. The van der Waals surface area contributed by atoms with E-state index in [-0.39, 0.29) is 5.56 Å². The molecule has 2 nitrogen and oxygen atoms in total. The van der Waals surface area contributed by atoms with Crippen LogP contribution in [0.4, 0.5) is 8.78 Å². The molecule has 5 heteroatoms. The van der Waals surface area contributed by atoms with Crippen molar-refractivity contribution in [3.8, 4) is 0 Å². The highest BCUT2D eigenvalue weighted by Crippen LogP contribution is 2.24. The Labute approximate surface area is 109 Å². The first-order valence-electron chi connectivity index (χ1n) is 5.35. The summed E-state index contributed by atoms with van der Waals surface area (Å²) in [5.74, 6) is -0.965. The molecule has 94 valence electrons. The molecule has 1 aromatic heterocycles. The van der Waals surface area contributed by atoms with E-state index in [0.717, 1.165) is 18.2 Å². The van der Waals surface area contributed by atoms with Gasteiger partial charge in [0.25, 0.3) is 0 Å². The first-order chi connectivity index (χ1) is 8.61. The van der Waals surface area contributed by atoms with Gasteiger partial charge < -0.3 is 5.32 Å². The van der Waals surface area contributed by atoms with E-state index >= 15 is 0 Å². The zero-order valence-electron chi connectivity index (χ0n) is 9.62. The lowest BCUT2D eigenvalue weighted by molar-refractivity contribution is 0.554. The largest absolute Gasteiger partial charge is 0.308 e. The number of nitrogens with zero attached hydrogens (tertiary/aromatic N) is 1. The summed E-state index contributed by atoms with van der Waals surface area (Å²) in [5.41, 5.74) is 0.790. The van der Waals surface area contributed by atoms with Crippen molar-refractivity contribution < 1.29 is 8.78 Å². The molecule has 0 saturated carbocycles. The molecular weight excluding hydrogens is 258 g/mol. The van der Waals surface area contributed by atoms with E-state index in [1.165, 1.54) is 6.20 Å². The second-order valence-corrected chi connectivity index (χ2v) is 4.23. The molecule has 0 aliphatic carbocycles. The number of rotatable bonds is 3. The van der Waals surface area contributed by atoms with E-state index in [4.69, 9.17) is 11.6 Å². The molecule has 0 aliphatic rings. The summed E-state index contributed by atoms with van der Waals surface area (Å²) in [5, 5.41) is 3.40. The molecule has 0 radical (unpaired) electrons. The van der Waals surface area contributed by atoms with Crippen LogP contribution in [0.2, 0.25) is 5.02 Å². The number of benzene rings is 1. The quantitative estimate of drug-likeness (QED) is 0.924. The van der Waals surface area contributed by atoms with Crippen LogP contribution in [0.3, 0.4) is 0 Å². The molecule has 1 heterocycles. The normalized spacial score (nSPS) is 12.4. The maximum absolute atomic E-state index is 13.7. The monoisotopic (exact) mass is 268 g/mol. The number of pyridine rings is 1. The second-order valence-electron chi connectivity index (χ2n) is 3.79. The van der Waals surface area contributed by atoms with E-state index in [2.05, 4.69) is 10.3 Å². The number of hydrogen-bond acceptors (Lipinski definition) is 2. The molecule has 2 aromatic rings. The third-order valence-electron chi connectivity index (χ3n) is 2.60. The van der Waals surface area contributed by atoms with Crippen LogP contribution in [0.5, 0.6) is 0 Å². The van der Waals surface area contributed by atoms with Gasteiger partial charge in [0.1, 0.15) is 11.6 Å². The molecular formula is C13H11ClF2N2. The average molecular weight is 269 g/mol. The van der Waals surface area contributed by atoms with Crippen LogP contribution in [0, 0.1) is 11.6 Å². The van der Waals surface area contributed by atoms with Gasteiger partial charge in [0, 0.05) is 11.8 Å². The van der Waals surface area contributed by atoms with Crippen molar-refractivity contribution in [2.24, 2.45) is 0 Å². The van der Waals surface area contributed by atoms with E-state index < -0.39 is 17.7 Å². The Morgan fingerprint density at radius 3 is 2.61 bits per heavy atom. The first kappa shape index (κ1) is 12.9. The highest BCUT2D eigenvalue weighted by molar-refractivity contribution is 6.30. The highest BCUT2D eigenvalue weighted by Gasteiger charge is 2.18. The van der Waals surface area contributed by atoms with Crippen LogP contribution in [0.25, 0.3) is 0 Å². The van der Waals surface area contributed by atoms with Gasteiger partial charge in [-0.1, -0.05) is 11.6 Å². The summed E-state index contributed by atoms with van der Waals surface area (Å²) in [7, 11) is 1.66. The van der Waals surface area contributed by atoms with Gasteiger partial charge in [-0.25, -0.2) is 8.78 Å². The summed E-state index contributed by atoms with van der Waals surface area (Å²) < 4.78 is 26.9. The molecule has 1 unspecified atom stereocenters. The molecule has 1 atom stereocenters. The van der Waals surface area contributed by atoms with Crippen molar-refractivity contribution in [3.05, 3.63) is 64.4 Å². The molecule has 18 heavy (non-hydrogen) atoms. The van der Waals surface area contributed by atoms with Crippen LogP contribution >= 0.6 is 11.6 Å². The van der Waals surface area contributed by atoms with Crippen LogP contribution in [-0.4, -0.2) is 12.0 Å². The fraction of sp³-hybridized carbons (Fsp3) is 0.154. The SMILES string of the molecule is CNC(c1ccc(Cl)cn1)c1cc(F)ccc1F. The predicted molar refractivity (Wildman–Crippen MR) is 66.5 cm³/mol. The Hall–Kier alpha value is -1.52. The van der Waals surface area contributed by atoms with E-state index in [1.807, 2.05) is 0 Å². The van der Waals surface area contributed by atoms with E-state index in [0.29, 0.717) is 10.7 Å². The lowest BCUT2D eigenvalue weighted by Gasteiger charge is -2.17. The van der Waals surface area contributed by atoms with Gasteiger partial charge in [-0.2, -0.15) is 0 Å². The fourth-order valence-electron chi connectivity index (χ4n) is 1.76. The molecule has 0 saturated heterocycles. The molecule has 0 amide bonds. The lowest BCUT2D eigenvalue weighted by atomic mass is 10.0. The van der Waals surface area contributed by atoms with Crippen molar-refractivity contribution in [1.29, 1.82) is 0 Å². The maximum atomic E-state index is 13.7. The summed E-state index contributed by atoms with van der Waals surface area (Å²) in [6.07, 6.45) is 1.47. The number of aromatic nitrogens is 1. The summed E-state index contributed by atoms with van der Waals surface area (Å²) in [4.78, 5) is 4.11. The molecule has 1 aromatic carbocycles. The number of halogens is 3. The minimum atomic E-state index is -0.516. The Morgan fingerprint density at radius 1 is 1.22 bits per heavy atom. The summed E-state index contributed by atoms with van der Waals surface area (Å²) in [6.45, 7) is 0. The van der Waals surface area contributed by atoms with Gasteiger partial charge >= 0.3 is 0 Å². The van der Waals surface area contributed by atoms with Crippen LogP contribution < -0.4 is 5.32 Å². The van der Waals surface area contributed by atoms with Crippen molar-refractivity contribution in [2.45, 2.75) is 6.04 Å². The maximum Gasteiger partial charge on any atom is 0.128 e. The summed E-state index contributed by atoms with van der Waals surface area (Å²) >= 11 is 5.75. The number of nitrogens with one attached hydrogen (secondary N) is 1. The van der Waals surface area contributed by atoms with Gasteiger partial charge in [0.05, 0.1) is 16.8 Å².